The Labute approximate surface area is 386 Å². The lowest BCUT2D eigenvalue weighted by Crippen LogP contribution is -2.50. The van der Waals surface area contributed by atoms with Crippen LogP contribution in [0.25, 0.3) is 5.57 Å². The SMILES string of the molecule is CN(CCCC(=O)O)C(=O)c1ccccc1C1=C2C=CC(=[N+](C)Cc3ccccc3S(=O)(=O)O)C=C2[Si](C)(C)c2cc(N(C)Cc3ccccc3S(=O)(=O)O)ccc21.O=S(=O)=O.O=S(=O)=O. The zero-order chi connectivity index (χ0) is 49.3. The van der Waals surface area contributed by atoms with Crippen LogP contribution in [0.3, 0.4) is 0 Å². The fraction of sp³-hybridized carbons (Fsp3) is 0.233. The Bertz CT molecular complexity index is 3130. The Hall–Kier alpha value is -6.21. The molecule has 0 bridgehead atoms. The van der Waals surface area contributed by atoms with Crippen molar-refractivity contribution < 1.29 is 70.5 Å². The van der Waals surface area contributed by atoms with E-state index in [0.717, 1.165) is 38.5 Å². The minimum absolute atomic E-state index is 0.0620. The topological polar surface area (TPSA) is 275 Å². The van der Waals surface area contributed by atoms with Crippen molar-refractivity contribution >= 4 is 83.6 Å². The van der Waals surface area contributed by atoms with E-state index in [-0.39, 0.29) is 41.8 Å². The largest absolute Gasteiger partial charge is 0.481 e. The van der Waals surface area contributed by atoms with Gasteiger partial charge >= 0.3 is 27.2 Å². The van der Waals surface area contributed by atoms with Crippen molar-refractivity contribution in [2.24, 2.45) is 0 Å². The van der Waals surface area contributed by atoms with Crippen LogP contribution in [-0.2, 0) is 59.3 Å². The molecule has 0 spiro atoms. The summed E-state index contributed by atoms with van der Waals surface area (Å²) in [6, 6.07) is 26.1. The molecule has 23 heteroatoms. The third kappa shape index (κ3) is 13.2. The number of carboxylic acid groups (broad SMARTS) is 1. The second-order valence-corrected chi connectivity index (χ2v) is 23.4. The molecule has 350 valence electrons. The van der Waals surface area contributed by atoms with Gasteiger partial charge in [-0.1, -0.05) is 73.8 Å². The first kappa shape index (κ1) is 52.4. The maximum Gasteiger partial charge on any atom is 0.425 e. The lowest BCUT2D eigenvalue weighted by atomic mass is 9.87. The zero-order valence-electron chi connectivity index (χ0n) is 36.1. The Morgan fingerprint density at radius 2 is 1.26 bits per heavy atom. The van der Waals surface area contributed by atoms with Gasteiger partial charge in [-0.25, -0.2) is 4.58 Å². The van der Waals surface area contributed by atoms with Gasteiger partial charge in [0.05, 0.1) is 4.90 Å². The van der Waals surface area contributed by atoms with Gasteiger partial charge in [-0.15, -0.1) is 25.3 Å². The highest BCUT2D eigenvalue weighted by Gasteiger charge is 2.41. The van der Waals surface area contributed by atoms with E-state index in [9.17, 15) is 40.6 Å². The van der Waals surface area contributed by atoms with E-state index in [4.69, 9.17) is 25.3 Å². The molecule has 0 atom stereocenters. The standard InChI is InChI=1S/C43H45N3O9S2Si.2O3S/c1-44(24-12-19-41(47)48)43(49)34-16-9-8-15-33(34)42-35-22-20-31(45(2)27-29-13-6-10-17-37(29)56(50,51)52)25-39(35)58(4,5)40-26-32(21-23-36(40)42)46(3)28-30-14-7-11-18-38(30)57(53,54)55;2*1-4(2)3/h6-11,13-18,20-23,25-26H,12,19,24,27-28H2,1-5H3,(H2-,47,48,50,51,52,53,54,55);;/p+1. The second-order valence-electron chi connectivity index (χ2n) is 15.5. The number of carboxylic acids is 1. The fourth-order valence-electron chi connectivity index (χ4n) is 7.72. The van der Waals surface area contributed by atoms with Gasteiger partial charge in [-0.05, 0) is 81.0 Å². The Kier molecular flexibility index (Phi) is 17.4. The number of fused-ring (bicyclic) bond motifs is 2. The van der Waals surface area contributed by atoms with Gasteiger partial charge in [-0.3, -0.25) is 18.7 Å². The molecule has 0 radical (unpaired) electrons. The van der Waals surface area contributed by atoms with Crippen LogP contribution in [0.15, 0.2) is 130 Å². The van der Waals surface area contributed by atoms with E-state index in [1.165, 1.54) is 17.0 Å². The lowest BCUT2D eigenvalue weighted by molar-refractivity contribution is -0.512. The van der Waals surface area contributed by atoms with E-state index in [2.05, 4.69) is 25.2 Å². The van der Waals surface area contributed by atoms with Crippen molar-refractivity contribution in [2.75, 3.05) is 32.6 Å². The summed E-state index contributed by atoms with van der Waals surface area (Å²) in [4.78, 5) is 28.5. The highest BCUT2D eigenvalue weighted by molar-refractivity contribution is 7.86. The fourth-order valence-corrected chi connectivity index (χ4v) is 12.2. The number of hydrogen-bond acceptors (Lipinski definition) is 13. The summed E-state index contributed by atoms with van der Waals surface area (Å²) < 4.78 is 121. The Morgan fingerprint density at radius 3 is 1.83 bits per heavy atom. The van der Waals surface area contributed by atoms with Gasteiger partial charge in [0.25, 0.3) is 26.1 Å². The first-order chi connectivity index (χ1) is 30.7. The van der Waals surface area contributed by atoms with E-state index < -0.39 is 55.5 Å². The summed E-state index contributed by atoms with van der Waals surface area (Å²) in [6.45, 7) is 5.12. The molecule has 1 amide bonds. The van der Waals surface area contributed by atoms with E-state index >= 15 is 0 Å². The van der Waals surface area contributed by atoms with E-state index in [1.54, 1.807) is 55.6 Å². The molecule has 0 aromatic heterocycles. The first-order valence-electron chi connectivity index (χ1n) is 19.6. The van der Waals surface area contributed by atoms with Gasteiger partial charge in [0.1, 0.15) is 20.0 Å². The van der Waals surface area contributed by atoms with E-state index in [1.807, 2.05) is 60.0 Å². The Balaban J connectivity index is 0.00000110. The summed E-state index contributed by atoms with van der Waals surface area (Å²) in [5, 5.41) is 11.3. The molecule has 66 heavy (non-hydrogen) atoms. The minimum Gasteiger partial charge on any atom is -0.481 e. The summed E-state index contributed by atoms with van der Waals surface area (Å²) in [5.41, 5.74) is 6.38. The molecule has 1 heterocycles. The molecule has 1 aliphatic heterocycles. The van der Waals surface area contributed by atoms with Crippen LogP contribution in [0.4, 0.5) is 5.69 Å². The number of anilines is 1. The molecule has 3 N–H and O–H groups in total. The first-order valence-corrected chi connectivity index (χ1v) is 27.4. The van der Waals surface area contributed by atoms with E-state index in [0.29, 0.717) is 28.7 Å². The molecule has 4 aromatic carbocycles. The maximum atomic E-state index is 14.1. The van der Waals surface area contributed by atoms with Crippen LogP contribution in [0.1, 0.15) is 45.5 Å². The van der Waals surface area contributed by atoms with Crippen molar-refractivity contribution in [2.45, 2.75) is 48.8 Å². The van der Waals surface area contributed by atoms with Crippen LogP contribution < -0.4 is 10.1 Å². The normalized spacial score (nSPS) is 14.4. The molecule has 4 aromatic rings. The third-order valence-electron chi connectivity index (χ3n) is 10.7. The van der Waals surface area contributed by atoms with Gasteiger partial charge in [0.2, 0.25) is 0 Å². The monoisotopic (exact) mass is 1000 g/mol. The molecule has 18 nitrogen and oxygen atoms in total. The van der Waals surface area contributed by atoms with Crippen LogP contribution >= 0.6 is 0 Å². The number of carbonyl (C=O) groups excluding carboxylic acids is 1. The molecule has 0 saturated heterocycles. The van der Waals surface area contributed by atoms with Gasteiger partial charge in [-0.2, -0.15) is 16.8 Å². The molecular weight excluding hydrogens is 955 g/mol. The number of aliphatic carboxylic acids is 1. The molecule has 0 unspecified atom stereocenters. The predicted molar refractivity (Wildman–Crippen MR) is 246 cm³/mol. The number of carbonyl (C=O) groups is 2. The second kappa shape index (κ2) is 21.8. The van der Waals surface area contributed by atoms with Crippen molar-refractivity contribution in [3.63, 3.8) is 0 Å². The number of allylic oxidation sites excluding steroid dienone is 5. The molecular formula is C43H46N3O15S4Si+. The molecule has 6 rings (SSSR count). The third-order valence-corrected chi connectivity index (χ3v) is 16.2. The number of amides is 1. The van der Waals surface area contributed by atoms with Crippen LogP contribution in [-0.4, -0.2) is 119 Å². The quantitative estimate of drug-likeness (QED) is 0.0976. The molecule has 0 saturated carbocycles. The molecule has 2 aliphatic rings. The highest BCUT2D eigenvalue weighted by Crippen LogP contribution is 2.43. The van der Waals surface area contributed by atoms with Gasteiger partial charge in [0, 0.05) is 62.6 Å². The van der Waals surface area contributed by atoms with Gasteiger partial charge < -0.3 is 14.9 Å². The molecule has 1 aliphatic carbocycles. The number of hydrogen-bond donors (Lipinski definition) is 3. The Morgan fingerprint density at radius 1 is 0.727 bits per heavy atom. The zero-order valence-corrected chi connectivity index (χ0v) is 40.4. The summed E-state index contributed by atoms with van der Waals surface area (Å²) in [5.74, 6) is -1.18. The highest BCUT2D eigenvalue weighted by atomic mass is 32.2. The van der Waals surface area contributed by atoms with Crippen LogP contribution in [0.5, 0.6) is 0 Å². The van der Waals surface area contributed by atoms with Crippen molar-refractivity contribution in [3.05, 3.63) is 148 Å². The number of nitrogens with zero attached hydrogens (tertiary/aromatic N) is 3. The van der Waals surface area contributed by atoms with Crippen LogP contribution in [0.2, 0.25) is 13.1 Å². The van der Waals surface area contributed by atoms with Crippen molar-refractivity contribution in [1.82, 2.24) is 4.90 Å². The summed E-state index contributed by atoms with van der Waals surface area (Å²) in [6.07, 6.45) is 6.35. The molecule has 0 fully saturated rings. The van der Waals surface area contributed by atoms with Crippen LogP contribution in [0, 0.1) is 0 Å². The lowest BCUT2D eigenvalue weighted by Gasteiger charge is -2.38. The minimum atomic E-state index is -4.46. The average molecular weight is 1000 g/mol. The summed E-state index contributed by atoms with van der Waals surface area (Å²) >= 11 is 0. The smallest absolute Gasteiger partial charge is 0.425 e. The van der Waals surface area contributed by atoms with Gasteiger partial charge in [0.15, 0.2) is 12.3 Å². The summed E-state index contributed by atoms with van der Waals surface area (Å²) in [7, 11) is -12.4. The number of benzene rings is 4. The predicted octanol–water partition coefficient (Wildman–Crippen LogP) is 3.79. The maximum absolute atomic E-state index is 14.1. The average Bonchev–Trinajstić information content (AvgIpc) is 3.22. The van der Waals surface area contributed by atoms with Crippen molar-refractivity contribution in [3.8, 4) is 0 Å². The number of rotatable bonds is 13. The van der Waals surface area contributed by atoms with Crippen molar-refractivity contribution in [1.29, 1.82) is 0 Å².